The Morgan fingerprint density at radius 3 is 2.74 bits per heavy atom. The first-order valence-electron chi connectivity index (χ1n) is 8.18. The van der Waals surface area contributed by atoms with Gasteiger partial charge in [-0.1, -0.05) is 10.3 Å². The predicted octanol–water partition coefficient (Wildman–Crippen LogP) is 2.46. The zero-order chi connectivity index (χ0) is 16.0. The van der Waals surface area contributed by atoms with E-state index in [1.165, 1.54) is 0 Å². The molecule has 2 aromatic rings. The molecule has 2 fully saturated rings. The van der Waals surface area contributed by atoms with Crippen LogP contribution in [0.3, 0.4) is 0 Å². The molecule has 2 aliphatic rings. The molecule has 1 saturated heterocycles. The van der Waals surface area contributed by atoms with E-state index in [-0.39, 0.29) is 11.9 Å². The maximum Gasteiger partial charge on any atom is 0.249 e. The molecule has 4 rings (SSSR count). The van der Waals surface area contributed by atoms with Crippen LogP contribution in [0.2, 0.25) is 0 Å². The molecule has 0 spiro atoms. The number of likely N-dealkylation sites (tertiary alicyclic amines) is 1. The highest BCUT2D eigenvalue weighted by molar-refractivity contribution is 5.79. The lowest BCUT2D eigenvalue weighted by atomic mass is 10.1. The van der Waals surface area contributed by atoms with E-state index in [1.54, 1.807) is 0 Å². The van der Waals surface area contributed by atoms with Crippen molar-refractivity contribution in [3.8, 4) is 0 Å². The first-order valence-corrected chi connectivity index (χ1v) is 8.18. The Morgan fingerprint density at radius 1 is 1.22 bits per heavy atom. The molecular formula is C16H20N4O3. The van der Waals surface area contributed by atoms with E-state index >= 15 is 0 Å². The normalized spacial score (nSPS) is 21.1. The summed E-state index contributed by atoms with van der Waals surface area (Å²) in [6, 6.07) is -0.0945. The fraction of sp³-hybridized carbons (Fsp3) is 0.625. The Hall–Kier alpha value is -2.18. The van der Waals surface area contributed by atoms with Crippen LogP contribution in [-0.4, -0.2) is 32.6 Å². The van der Waals surface area contributed by atoms with E-state index in [0.717, 1.165) is 49.3 Å². The highest BCUT2D eigenvalue weighted by Gasteiger charge is 2.36. The summed E-state index contributed by atoms with van der Waals surface area (Å²) in [4.78, 5) is 19.1. The topological polar surface area (TPSA) is 85.3 Å². The molecule has 7 nitrogen and oxygen atoms in total. The average Bonchev–Trinajstić information content (AvgIpc) is 2.97. The highest BCUT2D eigenvalue weighted by Crippen LogP contribution is 2.39. The lowest BCUT2D eigenvalue weighted by Gasteiger charge is -2.21. The number of carbonyl (C=O) groups is 1. The van der Waals surface area contributed by atoms with Crippen molar-refractivity contribution >= 4 is 5.91 Å². The van der Waals surface area contributed by atoms with Crippen molar-refractivity contribution in [3.63, 3.8) is 0 Å². The fourth-order valence-corrected chi connectivity index (χ4v) is 3.22. The Kier molecular flexibility index (Phi) is 3.43. The number of rotatable bonds is 4. The zero-order valence-electron chi connectivity index (χ0n) is 13.4. The van der Waals surface area contributed by atoms with Crippen molar-refractivity contribution < 1.29 is 13.8 Å². The molecule has 1 aliphatic heterocycles. The minimum Gasteiger partial charge on any atom is -0.361 e. The quantitative estimate of drug-likeness (QED) is 0.861. The molecule has 0 radical (unpaired) electrons. The Morgan fingerprint density at radius 2 is 2.04 bits per heavy atom. The van der Waals surface area contributed by atoms with Crippen molar-refractivity contribution in [2.45, 2.75) is 57.9 Å². The van der Waals surface area contributed by atoms with Crippen molar-refractivity contribution in [1.29, 1.82) is 0 Å². The first kappa shape index (κ1) is 14.4. The van der Waals surface area contributed by atoms with Gasteiger partial charge in [-0.25, -0.2) is 0 Å². The van der Waals surface area contributed by atoms with Crippen LogP contribution < -0.4 is 0 Å². The zero-order valence-corrected chi connectivity index (χ0v) is 13.4. The van der Waals surface area contributed by atoms with Crippen LogP contribution in [0.25, 0.3) is 0 Å². The van der Waals surface area contributed by atoms with Crippen LogP contribution >= 0.6 is 0 Å². The van der Waals surface area contributed by atoms with Gasteiger partial charge in [0.1, 0.15) is 11.8 Å². The van der Waals surface area contributed by atoms with Gasteiger partial charge in [-0.05, 0) is 39.5 Å². The van der Waals surface area contributed by atoms with Crippen LogP contribution in [-0.2, 0) is 11.2 Å². The molecule has 0 aromatic carbocycles. The molecule has 3 heterocycles. The molecule has 0 bridgehead atoms. The number of nitrogens with zero attached hydrogens (tertiary/aromatic N) is 4. The lowest BCUT2D eigenvalue weighted by molar-refractivity contribution is -0.131. The van der Waals surface area contributed by atoms with Crippen LogP contribution in [0.15, 0.2) is 9.05 Å². The van der Waals surface area contributed by atoms with Gasteiger partial charge in [0.2, 0.25) is 11.8 Å². The maximum absolute atomic E-state index is 12.7. The second-order valence-corrected chi connectivity index (χ2v) is 6.49. The van der Waals surface area contributed by atoms with Crippen molar-refractivity contribution in [1.82, 2.24) is 20.2 Å². The van der Waals surface area contributed by atoms with Gasteiger partial charge in [0, 0.05) is 18.0 Å². The van der Waals surface area contributed by atoms with Gasteiger partial charge >= 0.3 is 0 Å². The predicted molar refractivity (Wildman–Crippen MR) is 79.6 cm³/mol. The minimum absolute atomic E-state index is 0.0630. The van der Waals surface area contributed by atoms with E-state index in [0.29, 0.717) is 24.0 Å². The summed E-state index contributed by atoms with van der Waals surface area (Å²) in [6.45, 7) is 4.43. The standard InChI is InChI=1S/C16H20N4O3/c1-9-12(10(2)22-18-9)8-14(21)20-7-3-4-13(20)16-17-15(19-23-16)11-5-6-11/h11,13H,3-8H2,1-2H3. The Labute approximate surface area is 134 Å². The second kappa shape index (κ2) is 5.47. The molecule has 0 N–H and O–H groups in total. The maximum atomic E-state index is 12.7. The van der Waals surface area contributed by atoms with E-state index < -0.39 is 0 Å². The number of amides is 1. The van der Waals surface area contributed by atoms with E-state index in [2.05, 4.69) is 15.3 Å². The molecule has 1 unspecified atom stereocenters. The third-order valence-corrected chi connectivity index (χ3v) is 4.77. The van der Waals surface area contributed by atoms with E-state index in [4.69, 9.17) is 9.05 Å². The Balaban J connectivity index is 1.51. The molecule has 7 heteroatoms. The van der Waals surface area contributed by atoms with Crippen LogP contribution in [0.4, 0.5) is 0 Å². The smallest absolute Gasteiger partial charge is 0.249 e. The molecule has 122 valence electrons. The van der Waals surface area contributed by atoms with Gasteiger partial charge in [-0.2, -0.15) is 4.98 Å². The molecule has 1 saturated carbocycles. The monoisotopic (exact) mass is 316 g/mol. The third-order valence-electron chi connectivity index (χ3n) is 4.77. The van der Waals surface area contributed by atoms with Gasteiger partial charge in [-0.3, -0.25) is 4.79 Å². The van der Waals surface area contributed by atoms with Gasteiger partial charge in [-0.15, -0.1) is 0 Å². The van der Waals surface area contributed by atoms with E-state index in [9.17, 15) is 4.79 Å². The van der Waals surface area contributed by atoms with Crippen LogP contribution in [0.5, 0.6) is 0 Å². The molecule has 1 amide bonds. The molecular weight excluding hydrogens is 296 g/mol. The van der Waals surface area contributed by atoms with Crippen LogP contribution in [0, 0.1) is 13.8 Å². The highest BCUT2D eigenvalue weighted by atomic mass is 16.5. The lowest BCUT2D eigenvalue weighted by Crippen LogP contribution is -2.32. The Bertz CT molecular complexity index is 712. The summed E-state index contributed by atoms with van der Waals surface area (Å²) in [7, 11) is 0. The fourth-order valence-electron chi connectivity index (χ4n) is 3.22. The summed E-state index contributed by atoms with van der Waals surface area (Å²) in [5.74, 6) is 2.61. The summed E-state index contributed by atoms with van der Waals surface area (Å²) in [6.07, 6.45) is 4.41. The molecule has 2 aromatic heterocycles. The number of aromatic nitrogens is 3. The van der Waals surface area contributed by atoms with Crippen molar-refractivity contribution in [2.24, 2.45) is 0 Å². The van der Waals surface area contributed by atoms with E-state index in [1.807, 2.05) is 18.7 Å². The SMILES string of the molecule is Cc1noc(C)c1CC(=O)N1CCCC1c1nc(C2CC2)no1. The number of aryl methyl sites for hydroxylation is 2. The molecule has 1 atom stereocenters. The summed E-state index contributed by atoms with van der Waals surface area (Å²) in [5.41, 5.74) is 1.66. The first-order chi connectivity index (χ1) is 11.1. The minimum atomic E-state index is -0.0945. The molecule has 23 heavy (non-hydrogen) atoms. The van der Waals surface area contributed by atoms with Gasteiger partial charge in [0.25, 0.3) is 0 Å². The summed E-state index contributed by atoms with van der Waals surface area (Å²) >= 11 is 0. The number of hydrogen-bond donors (Lipinski definition) is 0. The summed E-state index contributed by atoms with van der Waals surface area (Å²) in [5, 5.41) is 7.99. The number of carbonyl (C=O) groups excluding carboxylic acids is 1. The van der Waals surface area contributed by atoms with Gasteiger partial charge in [0.15, 0.2) is 5.82 Å². The summed E-state index contributed by atoms with van der Waals surface area (Å²) < 4.78 is 10.6. The van der Waals surface area contributed by atoms with Gasteiger partial charge in [0.05, 0.1) is 12.1 Å². The third kappa shape index (κ3) is 2.64. The molecule has 1 aliphatic carbocycles. The number of hydrogen-bond acceptors (Lipinski definition) is 6. The second-order valence-electron chi connectivity index (χ2n) is 6.49. The average molecular weight is 316 g/mol. The van der Waals surface area contributed by atoms with Crippen LogP contribution in [0.1, 0.15) is 66.4 Å². The van der Waals surface area contributed by atoms with Crippen molar-refractivity contribution in [3.05, 3.63) is 28.7 Å². The van der Waals surface area contributed by atoms with Crippen molar-refractivity contribution in [2.75, 3.05) is 6.54 Å². The van der Waals surface area contributed by atoms with Gasteiger partial charge < -0.3 is 13.9 Å². The largest absolute Gasteiger partial charge is 0.361 e.